The summed E-state index contributed by atoms with van der Waals surface area (Å²) in [5.41, 5.74) is 0. The summed E-state index contributed by atoms with van der Waals surface area (Å²) in [6.45, 7) is 13.3. The third-order valence-electron chi connectivity index (χ3n) is 3.87. The van der Waals surface area contributed by atoms with Crippen molar-refractivity contribution in [2.45, 2.75) is 78.0 Å². The van der Waals surface area contributed by atoms with Crippen molar-refractivity contribution in [3.05, 3.63) is 0 Å². The van der Waals surface area contributed by atoms with Crippen molar-refractivity contribution in [3.8, 4) is 0 Å². The summed E-state index contributed by atoms with van der Waals surface area (Å²) in [5.74, 6) is 0. The van der Waals surface area contributed by atoms with Gasteiger partial charge in [-0.2, -0.15) is 0 Å². The maximum Gasteiger partial charge on any atom is 0.0702 e. The summed E-state index contributed by atoms with van der Waals surface area (Å²) in [4.78, 5) is 2.66. The van der Waals surface area contributed by atoms with Crippen LogP contribution < -0.4 is 5.32 Å². The average molecular weight is 270 g/mol. The van der Waals surface area contributed by atoms with E-state index in [9.17, 15) is 0 Å². The predicted octanol–water partition coefficient (Wildman–Crippen LogP) is 3.04. The highest BCUT2D eigenvalue weighted by Crippen LogP contribution is 2.18. The van der Waals surface area contributed by atoms with Gasteiger partial charge in [0.1, 0.15) is 0 Å². The fourth-order valence-electron chi connectivity index (χ4n) is 2.84. The maximum atomic E-state index is 5.95. The Kier molecular flexibility index (Phi) is 8.67. The summed E-state index contributed by atoms with van der Waals surface area (Å²) in [7, 11) is 0. The SMILES string of the molecule is CCCOC1CCCN(C(CCC)CNC(C)C)C1. The molecule has 2 atom stereocenters. The molecule has 0 bridgehead atoms. The number of hydrogen-bond donors (Lipinski definition) is 1. The molecule has 0 amide bonds. The summed E-state index contributed by atoms with van der Waals surface area (Å²) < 4.78 is 5.95. The minimum atomic E-state index is 0.465. The van der Waals surface area contributed by atoms with Gasteiger partial charge < -0.3 is 10.1 Å². The Morgan fingerprint density at radius 2 is 2.05 bits per heavy atom. The molecule has 1 aliphatic rings. The molecule has 1 N–H and O–H groups in total. The third kappa shape index (κ3) is 6.73. The average Bonchev–Trinajstić information content (AvgIpc) is 2.41. The van der Waals surface area contributed by atoms with Gasteiger partial charge in [0.15, 0.2) is 0 Å². The molecule has 1 aliphatic heterocycles. The molecule has 1 saturated heterocycles. The van der Waals surface area contributed by atoms with E-state index < -0.39 is 0 Å². The molecule has 3 nitrogen and oxygen atoms in total. The maximum absolute atomic E-state index is 5.95. The summed E-state index contributed by atoms with van der Waals surface area (Å²) in [6, 6.07) is 1.26. The van der Waals surface area contributed by atoms with Crippen molar-refractivity contribution in [1.82, 2.24) is 10.2 Å². The molecule has 1 fully saturated rings. The Morgan fingerprint density at radius 3 is 2.68 bits per heavy atom. The molecule has 2 unspecified atom stereocenters. The van der Waals surface area contributed by atoms with Crippen LogP contribution in [0.2, 0.25) is 0 Å². The highest BCUT2D eigenvalue weighted by molar-refractivity contribution is 4.81. The fraction of sp³-hybridized carbons (Fsp3) is 1.00. The van der Waals surface area contributed by atoms with E-state index >= 15 is 0 Å². The third-order valence-corrected chi connectivity index (χ3v) is 3.87. The Hall–Kier alpha value is -0.120. The van der Waals surface area contributed by atoms with Crippen molar-refractivity contribution in [1.29, 1.82) is 0 Å². The monoisotopic (exact) mass is 270 g/mol. The number of ether oxygens (including phenoxy) is 1. The van der Waals surface area contributed by atoms with Gasteiger partial charge >= 0.3 is 0 Å². The van der Waals surface area contributed by atoms with Gasteiger partial charge in [0.25, 0.3) is 0 Å². The molecular formula is C16H34N2O. The minimum absolute atomic E-state index is 0.465. The van der Waals surface area contributed by atoms with Crippen LogP contribution in [0, 0.1) is 0 Å². The number of piperidine rings is 1. The van der Waals surface area contributed by atoms with Crippen LogP contribution in [0.5, 0.6) is 0 Å². The first-order valence-corrected chi connectivity index (χ1v) is 8.26. The zero-order valence-electron chi connectivity index (χ0n) is 13.5. The molecule has 0 radical (unpaired) electrons. The van der Waals surface area contributed by atoms with Gasteiger partial charge in [-0.25, -0.2) is 0 Å². The molecule has 0 aliphatic carbocycles. The number of hydrogen-bond acceptors (Lipinski definition) is 3. The minimum Gasteiger partial charge on any atom is -0.377 e. The second-order valence-corrected chi connectivity index (χ2v) is 6.14. The van der Waals surface area contributed by atoms with Crippen molar-refractivity contribution in [2.75, 3.05) is 26.2 Å². The number of nitrogens with one attached hydrogen (secondary N) is 1. The van der Waals surface area contributed by atoms with E-state index in [0.717, 1.165) is 26.1 Å². The van der Waals surface area contributed by atoms with Crippen LogP contribution in [0.15, 0.2) is 0 Å². The molecule has 0 saturated carbocycles. The quantitative estimate of drug-likeness (QED) is 0.697. The van der Waals surface area contributed by atoms with Gasteiger partial charge in [0.05, 0.1) is 6.10 Å². The van der Waals surface area contributed by atoms with E-state index in [1.165, 1.54) is 32.2 Å². The summed E-state index contributed by atoms with van der Waals surface area (Å²) >= 11 is 0. The van der Waals surface area contributed by atoms with E-state index in [2.05, 4.69) is 37.9 Å². The highest BCUT2D eigenvalue weighted by atomic mass is 16.5. The lowest BCUT2D eigenvalue weighted by atomic mass is 10.0. The number of rotatable bonds is 9. The van der Waals surface area contributed by atoms with Crippen LogP contribution in [0.25, 0.3) is 0 Å². The summed E-state index contributed by atoms with van der Waals surface area (Å²) in [5, 5.41) is 3.60. The molecule has 0 aromatic heterocycles. The summed E-state index contributed by atoms with van der Waals surface area (Å²) in [6.07, 6.45) is 6.68. The van der Waals surface area contributed by atoms with Crippen LogP contribution in [0.1, 0.15) is 59.8 Å². The van der Waals surface area contributed by atoms with Crippen molar-refractivity contribution in [3.63, 3.8) is 0 Å². The smallest absolute Gasteiger partial charge is 0.0702 e. The number of likely N-dealkylation sites (tertiary alicyclic amines) is 1. The topological polar surface area (TPSA) is 24.5 Å². The second kappa shape index (κ2) is 9.73. The molecule has 0 spiro atoms. The van der Waals surface area contributed by atoms with Crippen molar-refractivity contribution < 1.29 is 4.74 Å². The lowest BCUT2D eigenvalue weighted by Gasteiger charge is -2.38. The van der Waals surface area contributed by atoms with Gasteiger partial charge in [-0.1, -0.05) is 34.1 Å². The molecule has 19 heavy (non-hydrogen) atoms. The molecule has 114 valence electrons. The van der Waals surface area contributed by atoms with E-state index in [4.69, 9.17) is 4.74 Å². The lowest BCUT2D eigenvalue weighted by molar-refractivity contribution is -0.0137. The Morgan fingerprint density at radius 1 is 1.26 bits per heavy atom. The highest BCUT2D eigenvalue weighted by Gasteiger charge is 2.25. The Bertz CT molecular complexity index is 221. The Labute approximate surface area is 120 Å². The van der Waals surface area contributed by atoms with Crippen LogP contribution in [-0.4, -0.2) is 49.3 Å². The first kappa shape index (κ1) is 16.9. The molecule has 3 heteroatoms. The standard InChI is InChI=1S/C16H34N2O/c1-5-8-15(12-17-14(3)4)18-10-7-9-16(13-18)19-11-6-2/h14-17H,5-13H2,1-4H3. The molecule has 0 aromatic rings. The Balaban J connectivity index is 2.42. The molecular weight excluding hydrogens is 236 g/mol. The van der Waals surface area contributed by atoms with Gasteiger partial charge in [-0.05, 0) is 32.2 Å². The second-order valence-electron chi connectivity index (χ2n) is 6.14. The van der Waals surface area contributed by atoms with Gasteiger partial charge in [-0.3, -0.25) is 4.90 Å². The first-order chi connectivity index (χ1) is 9.17. The van der Waals surface area contributed by atoms with Crippen LogP contribution in [-0.2, 0) is 4.74 Å². The fourth-order valence-corrected chi connectivity index (χ4v) is 2.84. The zero-order chi connectivity index (χ0) is 14.1. The van der Waals surface area contributed by atoms with E-state index in [1.54, 1.807) is 0 Å². The van der Waals surface area contributed by atoms with Crippen molar-refractivity contribution in [2.24, 2.45) is 0 Å². The van der Waals surface area contributed by atoms with E-state index in [0.29, 0.717) is 18.2 Å². The van der Waals surface area contributed by atoms with Crippen LogP contribution in [0.4, 0.5) is 0 Å². The largest absolute Gasteiger partial charge is 0.377 e. The van der Waals surface area contributed by atoms with Gasteiger partial charge in [0.2, 0.25) is 0 Å². The molecule has 0 aromatic carbocycles. The number of nitrogens with zero attached hydrogens (tertiary/aromatic N) is 1. The van der Waals surface area contributed by atoms with Crippen molar-refractivity contribution >= 4 is 0 Å². The van der Waals surface area contributed by atoms with Crippen LogP contribution >= 0.6 is 0 Å². The molecule has 1 rings (SSSR count). The first-order valence-electron chi connectivity index (χ1n) is 8.26. The normalized spacial score (nSPS) is 22.9. The van der Waals surface area contributed by atoms with Gasteiger partial charge in [-0.15, -0.1) is 0 Å². The zero-order valence-corrected chi connectivity index (χ0v) is 13.5. The van der Waals surface area contributed by atoms with Gasteiger partial charge in [0, 0.05) is 31.8 Å². The lowest BCUT2D eigenvalue weighted by Crippen LogP contribution is -2.50. The van der Waals surface area contributed by atoms with Crippen LogP contribution in [0.3, 0.4) is 0 Å². The molecule has 1 heterocycles. The van der Waals surface area contributed by atoms with E-state index in [1.807, 2.05) is 0 Å². The predicted molar refractivity (Wildman–Crippen MR) is 82.7 cm³/mol. The van der Waals surface area contributed by atoms with E-state index in [-0.39, 0.29) is 0 Å².